The fourth-order valence-electron chi connectivity index (χ4n) is 2.56. The largest absolute Gasteiger partial charge is 0.336 e. The summed E-state index contributed by atoms with van der Waals surface area (Å²) in [5, 5.41) is 6.15. The second-order valence-electron chi connectivity index (χ2n) is 6.22. The van der Waals surface area contributed by atoms with Gasteiger partial charge in [-0.1, -0.05) is 13.8 Å². The van der Waals surface area contributed by atoms with Gasteiger partial charge in [0.25, 0.3) is 5.91 Å². The lowest BCUT2D eigenvalue weighted by Gasteiger charge is -2.27. The lowest BCUT2D eigenvalue weighted by Crippen LogP contribution is -2.46. The molecule has 1 saturated heterocycles. The molecule has 120 valence electrons. The molecule has 1 aliphatic rings. The Labute approximate surface area is 132 Å². The molecule has 2 N–H and O–H groups in total. The van der Waals surface area contributed by atoms with Gasteiger partial charge in [0, 0.05) is 43.9 Å². The van der Waals surface area contributed by atoms with Crippen molar-refractivity contribution in [2.45, 2.75) is 27.2 Å². The van der Waals surface area contributed by atoms with Crippen molar-refractivity contribution in [3.63, 3.8) is 0 Å². The van der Waals surface area contributed by atoms with E-state index in [-0.39, 0.29) is 11.8 Å². The van der Waals surface area contributed by atoms with E-state index in [1.807, 2.05) is 37.8 Å². The summed E-state index contributed by atoms with van der Waals surface area (Å²) in [6.45, 7) is 9.11. The third kappa shape index (κ3) is 4.31. The van der Waals surface area contributed by atoms with E-state index in [4.69, 9.17) is 0 Å². The fraction of sp³-hybridized carbons (Fsp3) is 0.529. The number of hydrogen-bond acceptors (Lipinski definition) is 3. The average molecular weight is 303 g/mol. The second-order valence-corrected chi connectivity index (χ2v) is 6.22. The molecule has 0 saturated carbocycles. The topological polar surface area (TPSA) is 61.4 Å². The van der Waals surface area contributed by atoms with Crippen LogP contribution >= 0.6 is 0 Å². The molecule has 5 heteroatoms. The van der Waals surface area contributed by atoms with E-state index < -0.39 is 0 Å². The van der Waals surface area contributed by atoms with Crippen LogP contribution in [0.15, 0.2) is 18.2 Å². The number of carbonyl (C=O) groups is 2. The first-order valence-corrected chi connectivity index (χ1v) is 7.88. The molecule has 0 radical (unpaired) electrons. The van der Waals surface area contributed by atoms with Crippen LogP contribution in [0, 0.1) is 12.8 Å². The average Bonchev–Trinajstić information content (AvgIpc) is 2.48. The molecule has 0 unspecified atom stereocenters. The third-order valence-corrected chi connectivity index (χ3v) is 3.75. The first kappa shape index (κ1) is 16.5. The number of benzene rings is 1. The van der Waals surface area contributed by atoms with Crippen LogP contribution in [0.2, 0.25) is 0 Å². The van der Waals surface area contributed by atoms with Gasteiger partial charge in [-0.25, -0.2) is 0 Å². The van der Waals surface area contributed by atoms with Gasteiger partial charge in [-0.15, -0.1) is 0 Å². The van der Waals surface area contributed by atoms with Crippen molar-refractivity contribution >= 4 is 17.5 Å². The van der Waals surface area contributed by atoms with Crippen LogP contribution in [0.3, 0.4) is 0 Å². The minimum Gasteiger partial charge on any atom is -0.336 e. The van der Waals surface area contributed by atoms with Gasteiger partial charge in [0.1, 0.15) is 0 Å². The standard InChI is InChI=1S/C17H25N3O2/c1-12(2)10-16(21)19-15-5-4-14(11-13(15)3)17(22)20-8-6-18-7-9-20/h4-5,11-12,18H,6-10H2,1-3H3,(H,19,21). The minimum atomic E-state index is 0.0132. The summed E-state index contributed by atoms with van der Waals surface area (Å²) in [5.74, 6) is 0.401. The Morgan fingerprint density at radius 3 is 2.55 bits per heavy atom. The normalized spacial score (nSPS) is 15.0. The van der Waals surface area contributed by atoms with Crippen molar-refractivity contribution in [3.8, 4) is 0 Å². The summed E-state index contributed by atoms with van der Waals surface area (Å²) < 4.78 is 0. The molecule has 0 aromatic heterocycles. The zero-order chi connectivity index (χ0) is 16.1. The number of anilines is 1. The summed E-state index contributed by atoms with van der Waals surface area (Å²) in [7, 11) is 0. The van der Waals surface area contributed by atoms with E-state index >= 15 is 0 Å². The van der Waals surface area contributed by atoms with Gasteiger partial charge in [-0.05, 0) is 36.6 Å². The summed E-state index contributed by atoms with van der Waals surface area (Å²) in [6.07, 6.45) is 0.501. The molecule has 0 spiro atoms. The molecular formula is C17H25N3O2. The number of piperazine rings is 1. The van der Waals surface area contributed by atoms with Gasteiger partial charge in [0.15, 0.2) is 0 Å². The number of nitrogens with zero attached hydrogens (tertiary/aromatic N) is 1. The zero-order valence-electron chi connectivity index (χ0n) is 13.6. The molecule has 2 amide bonds. The first-order chi connectivity index (χ1) is 10.5. The lowest BCUT2D eigenvalue weighted by atomic mass is 10.1. The van der Waals surface area contributed by atoms with Gasteiger partial charge in [-0.2, -0.15) is 0 Å². The maximum Gasteiger partial charge on any atom is 0.253 e. The monoisotopic (exact) mass is 303 g/mol. The van der Waals surface area contributed by atoms with Gasteiger partial charge in [0.05, 0.1) is 0 Å². The van der Waals surface area contributed by atoms with Gasteiger partial charge >= 0.3 is 0 Å². The van der Waals surface area contributed by atoms with E-state index in [9.17, 15) is 9.59 Å². The minimum absolute atomic E-state index is 0.0132. The van der Waals surface area contributed by atoms with E-state index in [0.29, 0.717) is 17.9 Å². The smallest absolute Gasteiger partial charge is 0.253 e. The molecule has 1 aromatic rings. The molecule has 2 rings (SSSR count). The van der Waals surface area contributed by atoms with E-state index in [2.05, 4.69) is 10.6 Å². The van der Waals surface area contributed by atoms with Gasteiger partial charge in [0.2, 0.25) is 5.91 Å². The van der Waals surface area contributed by atoms with E-state index in [0.717, 1.165) is 37.4 Å². The third-order valence-electron chi connectivity index (χ3n) is 3.75. The fourth-order valence-corrected chi connectivity index (χ4v) is 2.56. The number of hydrogen-bond donors (Lipinski definition) is 2. The number of carbonyl (C=O) groups excluding carboxylic acids is 2. The Kier molecular flexibility index (Phi) is 5.55. The van der Waals surface area contributed by atoms with Crippen molar-refractivity contribution in [3.05, 3.63) is 29.3 Å². The number of aryl methyl sites for hydroxylation is 1. The van der Waals surface area contributed by atoms with Gasteiger partial charge in [-0.3, -0.25) is 9.59 Å². The van der Waals surface area contributed by atoms with Crippen LogP contribution in [0.25, 0.3) is 0 Å². The Balaban J connectivity index is 2.05. The van der Waals surface area contributed by atoms with Crippen molar-refractivity contribution in [2.75, 3.05) is 31.5 Å². The first-order valence-electron chi connectivity index (χ1n) is 7.88. The highest BCUT2D eigenvalue weighted by atomic mass is 16.2. The molecule has 1 heterocycles. The Morgan fingerprint density at radius 1 is 1.27 bits per heavy atom. The van der Waals surface area contributed by atoms with Crippen molar-refractivity contribution < 1.29 is 9.59 Å². The molecule has 0 aliphatic carbocycles. The summed E-state index contributed by atoms with van der Waals surface area (Å²) in [5.41, 5.74) is 2.38. The van der Waals surface area contributed by atoms with Crippen LogP contribution in [0.1, 0.15) is 36.2 Å². The van der Waals surface area contributed by atoms with Crippen LogP contribution in [-0.4, -0.2) is 42.9 Å². The highest BCUT2D eigenvalue weighted by Crippen LogP contribution is 2.18. The molecule has 0 atom stereocenters. The SMILES string of the molecule is Cc1cc(C(=O)N2CCNCC2)ccc1NC(=O)CC(C)C. The summed E-state index contributed by atoms with van der Waals surface area (Å²) in [6, 6.07) is 5.47. The highest BCUT2D eigenvalue weighted by molar-refractivity contribution is 5.96. The van der Waals surface area contributed by atoms with Crippen LogP contribution < -0.4 is 10.6 Å². The Morgan fingerprint density at radius 2 is 1.95 bits per heavy atom. The molecule has 1 aromatic carbocycles. The number of rotatable bonds is 4. The number of amides is 2. The van der Waals surface area contributed by atoms with Crippen molar-refractivity contribution in [1.29, 1.82) is 0 Å². The highest BCUT2D eigenvalue weighted by Gasteiger charge is 2.18. The maximum atomic E-state index is 12.4. The summed E-state index contributed by atoms with van der Waals surface area (Å²) >= 11 is 0. The van der Waals surface area contributed by atoms with Crippen LogP contribution in [-0.2, 0) is 4.79 Å². The molecule has 1 fully saturated rings. The number of nitrogens with one attached hydrogen (secondary N) is 2. The zero-order valence-corrected chi connectivity index (χ0v) is 13.6. The van der Waals surface area contributed by atoms with Crippen LogP contribution in [0.5, 0.6) is 0 Å². The van der Waals surface area contributed by atoms with E-state index in [1.54, 1.807) is 6.07 Å². The molecule has 5 nitrogen and oxygen atoms in total. The quantitative estimate of drug-likeness (QED) is 0.894. The Hall–Kier alpha value is -1.88. The van der Waals surface area contributed by atoms with Crippen molar-refractivity contribution in [2.24, 2.45) is 5.92 Å². The Bertz CT molecular complexity index is 549. The second kappa shape index (κ2) is 7.40. The summed E-state index contributed by atoms with van der Waals surface area (Å²) in [4.78, 5) is 26.2. The molecule has 0 bridgehead atoms. The predicted octanol–water partition coefficient (Wildman–Crippen LogP) is 2.03. The van der Waals surface area contributed by atoms with E-state index in [1.165, 1.54) is 0 Å². The van der Waals surface area contributed by atoms with Gasteiger partial charge < -0.3 is 15.5 Å². The molecule has 22 heavy (non-hydrogen) atoms. The molecular weight excluding hydrogens is 278 g/mol. The lowest BCUT2D eigenvalue weighted by molar-refractivity contribution is -0.116. The van der Waals surface area contributed by atoms with Crippen LogP contribution in [0.4, 0.5) is 5.69 Å². The van der Waals surface area contributed by atoms with Crippen molar-refractivity contribution in [1.82, 2.24) is 10.2 Å². The maximum absolute atomic E-state index is 12.4. The molecule has 1 aliphatic heterocycles. The predicted molar refractivity (Wildman–Crippen MR) is 88.0 cm³/mol.